The maximum absolute atomic E-state index is 11.8. The molecule has 2 aliphatic heterocycles. The summed E-state index contributed by atoms with van der Waals surface area (Å²) in [5.74, 6) is -0.482. The first-order valence-corrected chi connectivity index (χ1v) is 15.2. The first kappa shape index (κ1) is 35.2. The third kappa shape index (κ3) is 7.83. The molecule has 17 heteroatoms. The van der Waals surface area contributed by atoms with Gasteiger partial charge in [-0.15, -0.1) is 0 Å². The second-order valence-electron chi connectivity index (χ2n) is 12.7. The molecule has 0 bridgehead atoms. The summed E-state index contributed by atoms with van der Waals surface area (Å²) in [6.45, 7) is 0.316. The topological polar surface area (TPSA) is 323 Å². The molecule has 0 amide bonds. The van der Waals surface area contributed by atoms with E-state index >= 15 is 0 Å². The van der Waals surface area contributed by atoms with E-state index in [1.165, 1.54) is 0 Å². The fourth-order valence-electron chi connectivity index (χ4n) is 6.78. The van der Waals surface area contributed by atoms with Crippen molar-refractivity contribution < 1.29 is 50.0 Å². The first-order valence-electron chi connectivity index (χ1n) is 15.2. The van der Waals surface area contributed by atoms with Crippen LogP contribution in [0.4, 0.5) is 0 Å². The lowest BCUT2D eigenvalue weighted by atomic mass is 9.71. The predicted molar refractivity (Wildman–Crippen MR) is 152 cm³/mol. The van der Waals surface area contributed by atoms with E-state index in [2.05, 4.69) is 10.6 Å². The zero-order valence-electron chi connectivity index (χ0n) is 24.3. The SMILES string of the molecule is NCC(O)CNC1CC(N)C(C2OC(CNCC3CC(N)C3)C(O)C(O)C2N)C(O)C1OC1OC(CO)C(O)C(N)C1O. The van der Waals surface area contributed by atoms with Crippen molar-refractivity contribution in [2.75, 3.05) is 32.8 Å². The van der Waals surface area contributed by atoms with Crippen LogP contribution in [0.15, 0.2) is 0 Å². The molecule has 252 valence electrons. The van der Waals surface area contributed by atoms with Gasteiger partial charge in [0.05, 0.1) is 43.1 Å². The zero-order chi connectivity index (χ0) is 31.6. The predicted octanol–water partition coefficient (Wildman–Crippen LogP) is -7.73. The number of hydrogen-bond acceptors (Lipinski definition) is 17. The zero-order valence-corrected chi connectivity index (χ0v) is 24.3. The normalized spacial score (nSPS) is 49.8. The van der Waals surface area contributed by atoms with Crippen molar-refractivity contribution in [1.82, 2.24) is 10.6 Å². The standard InChI is InChI=1S/C26H53N7O10/c27-4-11(35)6-33-13-3-12(29)16(21(38)24(13)43-26-23(40)17(30)19(36)15(8-34)42-26)25-18(31)22(39)20(37)14(41-25)7-32-5-9-1-10(28)2-9/h9-26,32-40H,1-8,27-31H2. The smallest absolute Gasteiger partial charge is 0.186 e. The Hall–Kier alpha value is -0.680. The molecule has 4 fully saturated rings. The minimum atomic E-state index is -1.51. The van der Waals surface area contributed by atoms with Gasteiger partial charge in [-0.1, -0.05) is 0 Å². The summed E-state index contributed by atoms with van der Waals surface area (Å²) < 4.78 is 17.9. The molecule has 4 aliphatic rings. The van der Waals surface area contributed by atoms with Crippen LogP contribution < -0.4 is 39.3 Å². The van der Waals surface area contributed by atoms with Crippen LogP contribution in [0, 0.1) is 11.8 Å². The van der Waals surface area contributed by atoms with Crippen molar-refractivity contribution in [2.45, 2.75) is 117 Å². The lowest BCUT2D eigenvalue weighted by Gasteiger charge is -2.52. The van der Waals surface area contributed by atoms with Crippen molar-refractivity contribution in [3.05, 3.63) is 0 Å². The van der Waals surface area contributed by atoms with Gasteiger partial charge in [0.15, 0.2) is 6.29 Å². The van der Waals surface area contributed by atoms with E-state index in [-0.39, 0.29) is 32.1 Å². The highest BCUT2D eigenvalue weighted by Crippen LogP contribution is 2.37. The number of aliphatic hydroxyl groups excluding tert-OH is 7. The lowest BCUT2D eigenvalue weighted by Crippen LogP contribution is -2.72. The van der Waals surface area contributed by atoms with E-state index in [1.54, 1.807) is 0 Å². The molecule has 16 unspecified atom stereocenters. The fraction of sp³-hybridized carbons (Fsp3) is 1.00. The Kier molecular flexibility index (Phi) is 12.5. The van der Waals surface area contributed by atoms with Crippen molar-refractivity contribution >= 4 is 0 Å². The van der Waals surface area contributed by atoms with Crippen molar-refractivity contribution in [3.8, 4) is 0 Å². The van der Waals surface area contributed by atoms with Gasteiger partial charge in [0.25, 0.3) is 0 Å². The van der Waals surface area contributed by atoms with Gasteiger partial charge in [0, 0.05) is 43.7 Å². The maximum Gasteiger partial charge on any atom is 0.186 e. The van der Waals surface area contributed by atoms with Crippen LogP contribution >= 0.6 is 0 Å². The van der Waals surface area contributed by atoms with Crippen LogP contribution in [-0.2, 0) is 14.2 Å². The summed E-state index contributed by atoms with van der Waals surface area (Å²) in [7, 11) is 0. The Morgan fingerprint density at radius 2 is 1.51 bits per heavy atom. The van der Waals surface area contributed by atoms with Gasteiger partial charge in [0.2, 0.25) is 0 Å². The number of nitrogens with one attached hydrogen (secondary N) is 2. The minimum absolute atomic E-state index is 0.0220. The molecule has 2 saturated carbocycles. The average molecular weight is 624 g/mol. The highest BCUT2D eigenvalue weighted by molar-refractivity contribution is 5.08. The van der Waals surface area contributed by atoms with E-state index in [4.69, 9.17) is 42.9 Å². The maximum atomic E-state index is 11.8. The van der Waals surface area contributed by atoms with Crippen LogP contribution in [0.2, 0.25) is 0 Å². The number of ether oxygens (including phenoxy) is 3. The second-order valence-corrected chi connectivity index (χ2v) is 12.7. The molecular formula is C26H53N7O10. The minimum Gasteiger partial charge on any atom is -0.394 e. The van der Waals surface area contributed by atoms with Gasteiger partial charge in [-0.05, 0) is 31.7 Å². The molecule has 0 aromatic carbocycles. The summed E-state index contributed by atoms with van der Waals surface area (Å²) in [4.78, 5) is 0. The van der Waals surface area contributed by atoms with Crippen LogP contribution in [0.25, 0.3) is 0 Å². The van der Waals surface area contributed by atoms with E-state index in [0.29, 0.717) is 12.5 Å². The highest BCUT2D eigenvalue weighted by Gasteiger charge is 2.55. The van der Waals surface area contributed by atoms with Crippen LogP contribution in [0.3, 0.4) is 0 Å². The quantitative estimate of drug-likeness (QED) is 0.0959. The molecule has 2 heterocycles. The van der Waals surface area contributed by atoms with Crippen molar-refractivity contribution in [1.29, 1.82) is 0 Å². The van der Waals surface area contributed by atoms with Crippen LogP contribution in [0.5, 0.6) is 0 Å². The van der Waals surface area contributed by atoms with Gasteiger partial charge in [-0.2, -0.15) is 0 Å². The van der Waals surface area contributed by atoms with Gasteiger partial charge in [0.1, 0.15) is 36.6 Å². The van der Waals surface area contributed by atoms with Crippen LogP contribution in [0.1, 0.15) is 19.3 Å². The summed E-state index contributed by atoms with van der Waals surface area (Å²) in [5.41, 5.74) is 30.3. The third-order valence-corrected chi connectivity index (χ3v) is 9.53. The number of aliphatic hydroxyl groups is 7. The molecule has 2 saturated heterocycles. The summed E-state index contributed by atoms with van der Waals surface area (Å²) >= 11 is 0. The van der Waals surface area contributed by atoms with Crippen molar-refractivity contribution in [2.24, 2.45) is 40.5 Å². The molecule has 0 aromatic rings. The molecule has 16 atom stereocenters. The van der Waals surface area contributed by atoms with E-state index in [9.17, 15) is 35.7 Å². The van der Waals surface area contributed by atoms with Gasteiger partial charge in [-0.3, -0.25) is 0 Å². The summed E-state index contributed by atoms with van der Waals surface area (Å²) in [6.07, 6.45) is -11.4. The van der Waals surface area contributed by atoms with Gasteiger partial charge >= 0.3 is 0 Å². The molecular weight excluding hydrogens is 570 g/mol. The van der Waals surface area contributed by atoms with Crippen LogP contribution in [-0.4, -0.2) is 166 Å². The number of rotatable bonds is 12. The Balaban J connectivity index is 1.52. The Morgan fingerprint density at radius 3 is 2.14 bits per heavy atom. The van der Waals surface area contributed by atoms with E-state index in [0.717, 1.165) is 12.8 Å². The van der Waals surface area contributed by atoms with Gasteiger partial charge < -0.3 is 89.3 Å². The fourth-order valence-corrected chi connectivity index (χ4v) is 6.78. The highest BCUT2D eigenvalue weighted by atomic mass is 16.7. The largest absolute Gasteiger partial charge is 0.394 e. The average Bonchev–Trinajstić information content (AvgIpc) is 2.97. The molecule has 0 aromatic heterocycles. The number of nitrogens with two attached hydrogens (primary N) is 5. The molecule has 19 N–H and O–H groups in total. The molecule has 2 aliphatic carbocycles. The Labute approximate surface area is 251 Å². The Morgan fingerprint density at radius 1 is 0.814 bits per heavy atom. The third-order valence-electron chi connectivity index (χ3n) is 9.53. The number of hydrogen-bond donors (Lipinski definition) is 14. The molecule has 0 radical (unpaired) electrons. The lowest BCUT2D eigenvalue weighted by molar-refractivity contribution is -0.308. The Bertz CT molecular complexity index is 863. The molecule has 4 rings (SSSR count). The first-order chi connectivity index (χ1) is 20.4. The molecule has 0 spiro atoms. The molecule has 17 nitrogen and oxygen atoms in total. The second kappa shape index (κ2) is 15.3. The van der Waals surface area contributed by atoms with E-state index < -0.39 is 104 Å². The monoisotopic (exact) mass is 623 g/mol. The van der Waals surface area contributed by atoms with E-state index in [1.807, 2.05) is 0 Å². The summed E-state index contributed by atoms with van der Waals surface area (Å²) in [6, 6.07) is -3.54. The van der Waals surface area contributed by atoms with Gasteiger partial charge in [-0.25, -0.2) is 0 Å². The summed E-state index contributed by atoms with van der Waals surface area (Å²) in [5, 5.41) is 80.4. The van der Waals surface area contributed by atoms with Crippen molar-refractivity contribution in [3.63, 3.8) is 0 Å². The molecule has 43 heavy (non-hydrogen) atoms.